The highest BCUT2D eigenvalue weighted by atomic mass is 19.1. The molecule has 2 aromatic rings. The lowest BCUT2D eigenvalue weighted by molar-refractivity contribution is -0.118. The molecule has 0 fully saturated rings. The normalized spacial score (nSPS) is 12.1. The minimum absolute atomic E-state index is 0.204. The molecule has 5 nitrogen and oxygen atoms in total. The van der Waals surface area contributed by atoms with E-state index in [1.54, 1.807) is 19.3 Å². The zero-order chi connectivity index (χ0) is 15.4. The molecular weight excluding hydrogens is 271 g/mol. The number of benzene rings is 1. The molecule has 0 aliphatic rings. The molecule has 3 N–H and O–H groups in total. The van der Waals surface area contributed by atoms with Gasteiger partial charge in [-0.25, -0.2) is 9.37 Å². The zero-order valence-electron chi connectivity index (χ0n) is 12.1. The number of carbonyl (C=O) groups is 1. The van der Waals surface area contributed by atoms with Crippen LogP contribution < -0.4 is 11.1 Å². The summed E-state index contributed by atoms with van der Waals surface area (Å²) >= 11 is 0. The van der Waals surface area contributed by atoms with Gasteiger partial charge in [0.05, 0.1) is 11.4 Å². The molecule has 1 amide bonds. The van der Waals surface area contributed by atoms with Crippen LogP contribution in [0.25, 0.3) is 0 Å². The first-order chi connectivity index (χ1) is 10.0. The Morgan fingerprint density at radius 3 is 2.95 bits per heavy atom. The number of halogens is 1. The molecule has 1 heterocycles. The van der Waals surface area contributed by atoms with E-state index in [1.807, 2.05) is 4.57 Å². The molecule has 0 spiro atoms. The number of nitrogens with two attached hydrogens (primary N) is 1. The maximum Gasteiger partial charge on any atom is 0.247 e. The number of hydrogen-bond donors (Lipinski definition) is 2. The van der Waals surface area contributed by atoms with Crippen LogP contribution in [0.4, 0.5) is 15.8 Å². The zero-order valence-corrected chi connectivity index (χ0v) is 12.1. The molecule has 0 saturated carbocycles. The number of nitrogens with zero attached hydrogens (tertiary/aromatic N) is 2. The molecule has 1 aromatic heterocycles. The second-order valence-electron chi connectivity index (χ2n) is 4.90. The summed E-state index contributed by atoms with van der Waals surface area (Å²) in [5.41, 5.74) is 6.30. The fourth-order valence-electron chi connectivity index (χ4n) is 2.12. The second-order valence-corrected chi connectivity index (χ2v) is 4.90. The Labute approximate surface area is 123 Å². The molecule has 0 aliphatic heterocycles. The molecule has 1 unspecified atom stereocenters. The quantitative estimate of drug-likeness (QED) is 0.832. The highest BCUT2D eigenvalue weighted by molar-refractivity contribution is 5.96. The molecule has 1 aromatic carbocycles. The number of hydrogen-bond acceptors (Lipinski definition) is 3. The molecule has 2 rings (SSSR count). The Hall–Kier alpha value is -2.37. The number of rotatable bonds is 5. The third-order valence-corrected chi connectivity index (χ3v) is 3.29. The number of carbonyl (C=O) groups excluding carboxylic acids is 1. The standard InChI is InChI=1S/C15H19FN4O/c1-3-4-14-18-7-8-20(14)10(2)15(21)19-13-6-5-11(16)9-12(13)17/h5-10H,3-4,17H2,1-2H3,(H,19,21). The summed E-state index contributed by atoms with van der Waals surface area (Å²) in [7, 11) is 0. The molecule has 21 heavy (non-hydrogen) atoms. The predicted octanol–water partition coefficient (Wildman–Crippen LogP) is 2.76. The Bertz CT molecular complexity index is 638. The highest BCUT2D eigenvalue weighted by Crippen LogP contribution is 2.21. The Balaban J connectivity index is 2.14. The first-order valence-electron chi connectivity index (χ1n) is 6.90. The summed E-state index contributed by atoms with van der Waals surface area (Å²) in [6, 6.07) is 3.48. The summed E-state index contributed by atoms with van der Waals surface area (Å²) < 4.78 is 14.8. The predicted molar refractivity (Wildman–Crippen MR) is 80.4 cm³/mol. The SMILES string of the molecule is CCCc1nccn1C(C)C(=O)Nc1ccc(F)cc1N. The molecule has 0 radical (unpaired) electrons. The van der Waals surface area contributed by atoms with E-state index in [4.69, 9.17) is 5.73 Å². The van der Waals surface area contributed by atoms with E-state index in [2.05, 4.69) is 17.2 Å². The van der Waals surface area contributed by atoms with E-state index in [9.17, 15) is 9.18 Å². The summed E-state index contributed by atoms with van der Waals surface area (Å²) in [6.07, 6.45) is 5.23. The van der Waals surface area contributed by atoms with Crippen LogP contribution in [0.15, 0.2) is 30.6 Å². The third-order valence-electron chi connectivity index (χ3n) is 3.29. The number of aryl methyl sites for hydroxylation is 1. The molecule has 112 valence electrons. The lowest BCUT2D eigenvalue weighted by Crippen LogP contribution is -2.25. The number of anilines is 2. The molecule has 6 heteroatoms. The van der Waals surface area contributed by atoms with Crippen LogP contribution in [0.5, 0.6) is 0 Å². The van der Waals surface area contributed by atoms with Crippen molar-refractivity contribution in [3.8, 4) is 0 Å². The van der Waals surface area contributed by atoms with E-state index in [1.165, 1.54) is 18.2 Å². The van der Waals surface area contributed by atoms with Gasteiger partial charge in [0, 0.05) is 18.8 Å². The summed E-state index contributed by atoms with van der Waals surface area (Å²) in [4.78, 5) is 16.5. The number of nitrogen functional groups attached to an aromatic ring is 1. The Kier molecular flexibility index (Phi) is 4.57. The van der Waals surface area contributed by atoms with E-state index in [0.717, 1.165) is 18.7 Å². The fourth-order valence-corrected chi connectivity index (χ4v) is 2.12. The van der Waals surface area contributed by atoms with Gasteiger partial charge in [0.1, 0.15) is 17.7 Å². The first-order valence-corrected chi connectivity index (χ1v) is 6.90. The smallest absolute Gasteiger partial charge is 0.247 e. The summed E-state index contributed by atoms with van der Waals surface area (Å²) in [5, 5.41) is 2.72. The molecule has 1 atom stereocenters. The lowest BCUT2D eigenvalue weighted by atomic mass is 10.2. The van der Waals surface area contributed by atoms with E-state index >= 15 is 0 Å². The molecule has 0 aliphatic carbocycles. The van der Waals surface area contributed by atoms with Crippen molar-refractivity contribution in [2.75, 3.05) is 11.1 Å². The van der Waals surface area contributed by atoms with Gasteiger partial charge >= 0.3 is 0 Å². The Morgan fingerprint density at radius 2 is 2.29 bits per heavy atom. The first kappa shape index (κ1) is 15.0. The van der Waals surface area contributed by atoms with E-state index in [0.29, 0.717) is 5.69 Å². The van der Waals surface area contributed by atoms with Crippen molar-refractivity contribution in [1.82, 2.24) is 9.55 Å². The minimum Gasteiger partial charge on any atom is -0.397 e. The van der Waals surface area contributed by atoms with Crippen LogP contribution in [-0.2, 0) is 11.2 Å². The average Bonchev–Trinajstić information content (AvgIpc) is 2.89. The van der Waals surface area contributed by atoms with Gasteiger partial charge in [0.25, 0.3) is 0 Å². The van der Waals surface area contributed by atoms with Crippen LogP contribution in [0.1, 0.15) is 32.1 Å². The van der Waals surface area contributed by atoms with Gasteiger partial charge in [0.15, 0.2) is 0 Å². The number of imidazole rings is 1. The van der Waals surface area contributed by atoms with Crippen LogP contribution in [-0.4, -0.2) is 15.5 Å². The van der Waals surface area contributed by atoms with Crippen molar-refractivity contribution in [3.05, 3.63) is 42.2 Å². The number of nitrogens with one attached hydrogen (secondary N) is 1. The molecule has 0 bridgehead atoms. The average molecular weight is 290 g/mol. The van der Waals surface area contributed by atoms with Gasteiger partial charge in [-0.1, -0.05) is 6.92 Å². The van der Waals surface area contributed by atoms with Gasteiger partial charge in [-0.2, -0.15) is 0 Å². The van der Waals surface area contributed by atoms with Crippen molar-refractivity contribution in [1.29, 1.82) is 0 Å². The van der Waals surface area contributed by atoms with Crippen molar-refractivity contribution in [2.45, 2.75) is 32.7 Å². The van der Waals surface area contributed by atoms with Gasteiger partial charge in [-0.15, -0.1) is 0 Å². The van der Waals surface area contributed by atoms with Gasteiger partial charge in [-0.3, -0.25) is 4.79 Å². The maximum atomic E-state index is 13.0. The largest absolute Gasteiger partial charge is 0.397 e. The highest BCUT2D eigenvalue weighted by Gasteiger charge is 2.18. The van der Waals surface area contributed by atoms with Crippen molar-refractivity contribution < 1.29 is 9.18 Å². The van der Waals surface area contributed by atoms with Crippen molar-refractivity contribution in [2.24, 2.45) is 0 Å². The van der Waals surface area contributed by atoms with Crippen LogP contribution in [0.3, 0.4) is 0 Å². The van der Waals surface area contributed by atoms with E-state index in [-0.39, 0.29) is 11.6 Å². The third kappa shape index (κ3) is 3.39. The van der Waals surface area contributed by atoms with Crippen LogP contribution in [0.2, 0.25) is 0 Å². The van der Waals surface area contributed by atoms with Crippen molar-refractivity contribution >= 4 is 17.3 Å². The summed E-state index contributed by atoms with van der Waals surface area (Å²) in [5.74, 6) is 0.217. The van der Waals surface area contributed by atoms with Crippen molar-refractivity contribution in [3.63, 3.8) is 0 Å². The summed E-state index contributed by atoms with van der Waals surface area (Å²) in [6.45, 7) is 3.85. The monoisotopic (exact) mass is 290 g/mol. The molecular formula is C15H19FN4O. The van der Waals surface area contributed by atoms with Crippen LogP contribution in [0, 0.1) is 5.82 Å². The number of amides is 1. The Morgan fingerprint density at radius 1 is 1.52 bits per heavy atom. The topological polar surface area (TPSA) is 72.9 Å². The lowest BCUT2D eigenvalue weighted by Gasteiger charge is -2.17. The van der Waals surface area contributed by atoms with Crippen LogP contribution >= 0.6 is 0 Å². The van der Waals surface area contributed by atoms with Gasteiger partial charge in [-0.05, 0) is 31.5 Å². The molecule has 0 saturated heterocycles. The van der Waals surface area contributed by atoms with E-state index < -0.39 is 11.9 Å². The van der Waals surface area contributed by atoms with Gasteiger partial charge < -0.3 is 15.6 Å². The van der Waals surface area contributed by atoms with Gasteiger partial charge in [0.2, 0.25) is 5.91 Å². The second kappa shape index (κ2) is 6.39. The maximum absolute atomic E-state index is 13.0. The number of aromatic nitrogens is 2. The fraction of sp³-hybridized carbons (Fsp3) is 0.333. The minimum atomic E-state index is -0.432.